The summed E-state index contributed by atoms with van der Waals surface area (Å²) < 4.78 is 0. The van der Waals surface area contributed by atoms with Crippen molar-refractivity contribution in [2.75, 3.05) is 5.73 Å². The quantitative estimate of drug-likeness (QED) is 0.661. The van der Waals surface area contributed by atoms with Crippen molar-refractivity contribution in [3.05, 3.63) is 52.4 Å². The van der Waals surface area contributed by atoms with Crippen molar-refractivity contribution < 1.29 is 4.79 Å². The average Bonchev–Trinajstić information content (AvgIpc) is 2.30. The number of anilines is 1. The fraction of sp³-hybridized carbons (Fsp3) is 0. The van der Waals surface area contributed by atoms with Crippen molar-refractivity contribution in [1.29, 1.82) is 0 Å². The lowest BCUT2D eigenvalue weighted by Gasteiger charge is -2.03. The lowest BCUT2D eigenvalue weighted by atomic mass is 10.1. The van der Waals surface area contributed by atoms with Crippen LogP contribution in [0, 0.1) is 0 Å². The number of rotatable bonds is 2. The lowest BCUT2D eigenvalue weighted by molar-refractivity contribution is 0.0999. The Balaban J connectivity index is 2.53. The highest BCUT2D eigenvalue weighted by atomic mass is 16.2. The SMILES string of the molecule is NC(=O)c1cc(-c2ccc(N)cc2)c[nH]c1=O. The second-order valence-corrected chi connectivity index (χ2v) is 3.62. The van der Waals surface area contributed by atoms with E-state index in [-0.39, 0.29) is 5.56 Å². The molecule has 1 aromatic heterocycles. The molecule has 0 aliphatic rings. The van der Waals surface area contributed by atoms with Crippen LogP contribution in [-0.4, -0.2) is 10.9 Å². The molecule has 1 amide bonds. The van der Waals surface area contributed by atoms with E-state index in [0.29, 0.717) is 11.3 Å². The molecule has 0 bridgehead atoms. The lowest BCUT2D eigenvalue weighted by Crippen LogP contribution is -2.23. The molecule has 5 nitrogen and oxygen atoms in total. The smallest absolute Gasteiger partial charge is 0.260 e. The van der Waals surface area contributed by atoms with Crippen molar-refractivity contribution in [1.82, 2.24) is 4.98 Å². The maximum absolute atomic E-state index is 11.3. The summed E-state index contributed by atoms with van der Waals surface area (Å²) in [7, 11) is 0. The van der Waals surface area contributed by atoms with Gasteiger partial charge in [0.25, 0.3) is 11.5 Å². The van der Waals surface area contributed by atoms with Crippen LogP contribution in [0.2, 0.25) is 0 Å². The van der Waals surface area contributed by atoms with Gasteiger partial charge in [-0.25, -0.2) is 0 Å². The maximum atomic E-state index is 11.3. The molecule has 0 aliphatic carbocycles. The van der Waals surface area contributed by atoms with E-state index in [1.807, 2.05) is 0 Å². The molecule has 0 aliphatic heterocycles. The normalized spacial score (nSPS) is 10.1. The summed E-state index contributed by atoms with van der Waals surface area (Å²) in [6.45, 7) is 0. The van der Waals surface area contributed by atoms with Gasteiger partial charge < -0.3 is 16.5 Å². The summed E-state index contributed by atoms with van der Waals surface area (Å²) in [5, 5.41) is 0. The second-order valence-electron chi connectivity index (χ2n) is 3.62. The highest BCUT2D eigenvalue weighted by Gasteiger charge is 2.08. The Morgan fingerprint density at radius 1 is 1.12 bits per heavy atom. The van der Waals surface area contributed by atoms with Crippen LogP contribution in [0.5, 0.6) is 0 Å². The average molecular weight is 229 g/mol. The molecule has 1 aromatic carbocycles. The minimum atomic E-state index is -0.747. The van der Waals surface area contributed by atoms with Gasteiger partial charge in [0.2, 0.25) is 0 Å². The fourth-order valence-corrected chi connectivity index (χ4v) is 1.51. The van der Waals surface area contributed by atoms with Crippen LogP contribution in [0.4, 0.5) is 5.69 Å². The Hall–Kier alpha value is -2.56. The zero-order valence-corrected chi connectivity index (χ0v) is 8.94. The number of carbonyl (C=O) groups excluding carboxylic acids is 1. The summed E-state index contributed by atoms with van der Waals surface area (Å²) in [5.74, 6) is -0.747. The van der Waals surface area contributed by atoms with Gasteiger partial charge in [0, 0.05) is 11.9 Å². The molecule has 1 heterocycles. The number of hydrogen-bond acceptors (Lipinski definition) is 3. The molecule has 0 saturated carbocycles. The van der Waals surface area contributed by atoms with Gasteiger partial charge in [0.1, 0.15) is 5.56 Å². The number of H-pyrrole nitrogens is 1. The highest BCUT2D eigenvalue weighted by Crippen LogP contribution is 2.19. The van der Waals surface area contributed by atoms with Crippen molar-refractivity contribution in [2.24, 2.45) is 5.73 Å². The first-order chi connectivity index (χ1) is 8.08. The van der Waals surface area contributed by atoms with E-state index >= 15 is 0 Å². The van der Waals surface area contributed by atoms with E-state index in [1.165, 1.54) is 12.3 Å². The number of nitrogens with one attached hydrogen (secondary N) is 1. The number of carbonyl (C=O) groups is 1. The van der Waals surface area contributed by atoms with Crippen LogP contribution in [0.1, 0.15) is 10.4 Å². The van der Waals surface area contributed by atoms with Gasteiger partial charge in [0.05, 0.1) is 0 Å². The monoisotopic (exact) mass is 229 g/mol. The third-order valence-corrected chi connectivity index (χ3v) is 2.41. The molecule has 17 heavy (non-hydrogen) atoms. The maximum Gasteiger partial charge on any atom is 0.260 e. The molecule has 2 aromatic rings. The van der Waals surface area contributed by atoms with Gasteiger partial charge in [-0.1, -0.05) is 12.1 Å². The third kappa shape index (κ3) is 2.17. The number of amides is 1. The zero-order valence-electron chi connectivity index (χ0n) is 8.94. The minimum Gasteiger partial charge on any atom is -0.399 e. The molecule has 5 N–H and O–H groups in total. The summed E-state index contributed by atoms with van der Waals surface area (Å²) in [4.78, 5) is 24.8. The Morgan fingerprint density at radius 2 is 1.76 bits per heavy atom. The Morgan fingerprint density at radius 3 is 2.35 bits per heavy atom. The molecule has 5 heteroatoms. The fourth-order valence-electron chi connectivity index (χ4n) is 1.51. The number of benzene rings is 1. The Bertz CT molecular complexity index is 614. The molecule has 86 valence electrons. The van der Waals surface area contributed by atoms with Gasteiger partial charge in [-0.2, -0.15) is 0 Å². The molecule has 0 atom stereocenters. The standard InChI is InChI=1S/C12H11N3O2/c13-9-3-1-7(2-4-9)8-5-10(11(14)16)12(17)15-6-8/h1-6H,13H2,(H2,14,16)(H,15,17). The first kappa shape index (κ1) is 10.9. The Kier molecular flexibility index (Phi) is 2.66. The number of nitrogen functional groups attached to an aromatic ring is 1. The van der Waals surface area contributed by atoms with E-state index in [0.717, 1.165) is 5.56 Å². The van der Waals surface area contributed by atoms with E-state index in [2.05, 4.69) is 4.98 Å². The van der Waals surface area contributed by atoms with E-state index < -0.39 is 11.5 Å². The largest absolute Gasteiger partial charge is 0.399 e. The molecular formula is C12H11N3O2. The minimum absolute atomic E-state index is 0.0562. The van der Waals surface area contributed by atoms with E-state index in [1.54, 1.807) is 24.3 Å². The van der Waals surface area contributed by atoms with Crippen molar-refractivity contribution >= 4 is 11.6 Å². The summed E-state index contributed by atoms with van der Waals surface area (Å²) >= 11 is 0. The van der Waals surface area contributed by atoms with Crippen LogP contribution >= 0.6 is 0 Å². The van der Waals surface area contributed by atoms with Gasteiger partial charge >= 0.3 is 0 Å². The van der Waals surface area contributed by atoms with Crippen LogP contribution in [-0.2, 0) is 0 Å². The molecule has 0 fully saturated rings. The van der Waals surface area contributed by atoms with Crippen LogP contribution in [0.25, 0.3) is 11.1 Å². The van der Waals surface area contributed by atoms with E-state index in [4.69, 9.17) is 11.5 Å². The number of nitrogens with two attached hydrogens (primary N) is 2. The summed E-state index contributed by atoms with van der Waals surface area (Å²) in [6, 6.07) is 8.54. The van der Waals surface area contributed by atoms with Crippen molar-refractivity contribution in [3.63, 3.8) is 0 Å². The van der Waals surface area contributed by atoms with Gasteiger partial charge in [-0.3, -0.25) is 9.59 Å². The van der Waals surface area contributed by atoms with Crippen LogP contribution < -0.4 is 17.0 Å². The number of primary amides is 1. The van der Waals surface area contributed by atoms with Gasteiger partial charge in [0.15, 0.2) is 0 Å². The third-order valence-electron chi connectivity index (χ3n) is 2.41. The van der Waals surface area contributed by atoms with Crippen LogP contribution in [0.15, 0.2) is 41.3 Å². The Labute approximate surface area is 97.1 Å². The highest BCUT2D eigenvalue weighted by molar-refractivity contribution is 5.93. The summed E-state index contributed by atoms with van der Waals surface area (Å²) in [6.07, 6.45) is 1.53. The first-order valence-electron chi connectivity index (χ1n) is 4.96. The van der Waals surface area contributed by atoms with Crippen molar-refractivity contribution in [3.8, 4) is 11.1 Å². The predicted molar refractivity (Wildman–Crippen MR) is 65.4 cm³/mol. The molecule has 0 saturated heterocycles. The number of pyridine rings is 1. The molecule has 0 unspecified atom stereocenters. The predicted octanol–water partition coefficient (Wildman–Crippen LogP) is 0.723. The number of aromatic nitrogens is 1. The van der Waals surface area contributed by atoms with Gasteiger partial charge in [-0.05, 0) is 29.3 Å². The van der Waals surface area contributed by atoms with Gasteiger partial charge in [-0.15, -0.1) is 0 Å². The molecule has 0 spiro atoms. The number of aromatic amines is 1. The van der Waals surface area contributed by atoms with Crippen molar-refractivity contribution in [2.45, 2.75) is 0 Å². The molecule has 0 radical (unpaired) electrons. The number of hydrogen-bond donors (Lipinski definition) is 3. The second kappa shape index (κ2) is 4.13. The first-order valence-corrected chi connectivity index (χ1v) is 4.96. The topological polar surface area (TPSA) is 102 Å². The summed E-state index contributed by atoms with van der Waals surface area (Å²) in [5.41, 5.74) is 12.3. The molecule has 2 rings (SSSR count). The van der Waals surface area contributed by atoms with Crippen LogP contribution in [0.3, 0.4) is 0 Å². The van der Waals surface area contributed by atoms with E-state index in [9.17, 15) is 9.59 Å². The zero-order chi connectivity index (χ0) is 12.4. The molecular weight excluding hydrogens is 218 g/mol.